The van der Waals surface area contributed by atoms with E-state index in [-0.39, 0.29) is 11.8 Å². The number of anilines is 2. The zero-order valence-electron chi connectivity index (χ0n) is 15.1. The maximum Gasteiger partial charge on any atom is 0.265 e. The first-order valence-corrected chi connectivity index (χ1v) is 12.5. The predicted molar refractivity (Wildman–Crippen MR) is 125 cm³/mol. The average Bonchev–Trinajstić information content (AvgIpc) is 3.50. The average molecular weight is 493 g/mol. The van der Waals surface area contributed by atoms with Crippen LogP contribution in [0.3, 0.4) is 0 Å². The summed E-state index contributed by atoms with van der Waals surface area (Å²) in [6.07, 6.45) is 0. The van der Waals surface area contributed by atoms with E-state index in [1.54, 1.807) is 47.4 Å². The number of thioether (sulfide) groups is 1. The van der Waals surface area contributed by atoms with Crippen molar-refractivity contribution in [1.82, 2.24) is 10.2 Å². The second kappa shape index (κ2) is 9.71. The van der Waals surface area contributed by atoms with Crippen molar-refractivity contribution < 1.29 is 9.59 Å². The van der Waals surface area contributed by atoms with Gasteiger partial charge in [0.05, 0.1) is 15.6 Å². The van der Waals surface area contributed by atoms with Crippen LogP contribution in [0.5, 0.6) is 0 Å². The number of hydrogen-bond donors (Lipinski definition) is 2. The quantitative estimate of drug-likeness (QED) is 0.240. The van der Waals surface area contributed by atoms with Crippen LogP contribution in [0.25, 0.3) is 0 Å². The molecule has 152 valence electrons. The lowest BCUT2D eigenvalue weighted by atomic mass is 10.2. The third kappa shape index (κ3) is 5.27. The van der Waals surface area contributed by atoms with E-state index in [9.17, 15) is 9.59 Å². The first-order chi connectivity index (χ1) is 14.6. The van der Waals surface area contributed by atoms with Gasteiger partial charge in [0.2, 0.25) is 5.13 Å². The molecule has 0 aliphatic rings. The lowest BCUT2D eigenvalue weighted by molar-refractivity contribution is 0.101. The van der Waals surface area contributed by atoms with Crippen LogP contribution in [0.2, 0.25) is 5.02 Å². The van der Waals surface area contributed by atoms with Crippen LogP contribution in [0.15, 0.2) is 57.6 Å². The first-order valence-electron chi connectivity index (χ1n) is 8.53. The molecule has 0 fully saturated rings. The Morgan fingerprint density at radius 1 is 1.00 bits per heavy atom. The van der Waals surface area contributed by atoms with Gasteiger partial charge in [-0.3, -0.25) is 14.9 Å². The fourth-order valence-electron chi connectivity index (χ4n) is 2.37. The lowest BCUT2D eigenvalue weighted by Gasteiger charge is -2.08. The van der Waals surface area contributed by atoms with Gasteiger partial charge >= 0.3 is 0 Å². The number of carbonyl (C=O) groups excluding carboxylic acids is 2. The molecule has 4 aromatic rings. The largest absolute Gasteiger partial charge is 0.320 e. The molecule has 6 nitrogen and oxygen atoms in total. The Bertz CT molecular complexity index is 1160. The summed E-state index contributed by atoms with van der Waals surface area (Å²) < 4.78 is 0.777. The zero-order chi connectivity index (χ0) is 20.9. The Balaban J connectivity index is 1.40. The molecule has 0 bridgehead atoms. The molecule has 2 amide bonds. The van der Waals surface area contributed by atoms with E-state index >= 15 is 0 Å². The molecule has 1 aromatic carbocycles. The Labute approximate surface area is 193 Å². The van der Waals surface area contributed by atoms with E-state index in [4.69, 9.17) is 11.6 Å². The highest BCUT2D eigenvalue weighted by molar-refractivity contribution is 8.00. The summed E-state index contributed by atoms with van der Waals surface area (Å²) in [7, 11) is 0. The highest BCUT2D eigenvalue weighted by atomic mass is 35.5. The van der Waals surface area contributed by atoms with E-state index in [2.05, 4.69) is 26.9 Å². The molecule has 4 rings (SSSR count). The van der Waals surface area contributed by atoms with Gasteiger partial charge in [-0.2, -0.15) is 0 Å². The van der Waals surface area contributed by atoms with Gasteiger partial charge in [0.25, 0.3) is 11.8 Å². The number of carbonyl (C=O) groups is 2. The first kappa shape index (κ1) is 21.0. The molecule has 2 N–H and O–H groups in total. The van der Waals surface area contributed by atoms with Crippen molar-refractivity contribution in [2.24, 2.45) is 0 Å². The number of hydrogen-bond acceptors (Lipinski definition) is 8. The van der Waals surface area contributed by atoms with Crippen molar-refractivity contribution in [3.05, 3.63) is 73.6 Å². The van der Waals surface area contributed by atoms with Crippen molar-refractivity contribution >= 4 is 80.0 Å². The molecule has 30 heavy (non-hydrogen) atoms. The summed E-state index contributed by atoms with van der Waals surface area (Å²) in [6.45, 7) is 0. The van der Waals surface area contributed by atoms with Gasteiger partial charge in [-0.05, 0) is 41.1 Å². The summed E-state index contributed by atoms with van der Waals surface area (Å²) in [5.41, 5.74) is 0.719. The topological polar surface area (TPSA) is 84.0 Å². The molecule has 0 saturated carbocycles. The highest BCUT2D eigenvalue weighted by Gasteiger charge is 2.15. The van der Waals surface area contributed by atoms with E-state index in [1.165, 1.54) is 33.6 Å². The summed E-state index contributed by atoms with van der Waals surface area (Å²) in [6, 6.07) is 12.3. The van der Waals surface area contributed by atoms with Gasteiger partial charge < -0.3 is 5.32 Å². The maximum atomic E-state index is 12.6. The third-order valence-corrected chi connectivity index (χ3v) is 8.04. The second-order valence-electron chi connectivity index (χ2n) is 5.82. The molecule has 0 unspecified atom stereocenters. The molecule has 0 saturated heterocycles. The number of nitrogens with one attached hydrogen (secondary N) is 2. The molecule has 3 heterocycles. The number of rotatable bonds is 7. The van der Waals surface area contributed by atoms with Gasteiger partial charge in [0.15, 0.2) is 4.34 Å². The molecular formula is C19H13ClN4O2S4. The number of aromatic nitrogens is 2. The second-order valence-corrected chi connectivity index (χ2v) is 10.4. The van der Waals surface area contributed by atoms with Crippen LogP contribution in [-0.2, 0) is 5.75 Å². The summed E-state index contributed by atoms with van der Waals surface area (Å²) in [5, 5.41) is 18.2. The van der Waals surface area contributed by atoms with Crippen molar-refractivity contribution in [3.63, 3.8) is 0 Å². The predicted octanol–water partition coefficient (Wildman–Crippen LogP) is 6.11. The SMILES string of the molecule is O=C(Nc1nnc(SCc2cccs2)s1)c1ccc(Cl)c(NC(=O)c2cccs2)c1. The van der Waals surface area contributed by atoms with Crippen LogP contribution < -0.4 is 10.6 Å². The van der Waals surface area contributed by atoms with Gasteiger partial charge in [0.1, 0.15) is 0 Å². The smallest absolute Gasteiger partial charge is 0.265 e. The van der Waals surface area contributed by atoms with Crippen molar-refractivity contribution in [1.29, 1.82) is 0 Å². The molecule has 0 spiro atoms. The van der Waals surface area contributed by atoms with Crippen molar-refractivity contribution in [3.8, 4) is 0 Å². The van der Waals surface area contributed by atoms with Gasteiger partial charge in [0, 0.05) is 16.2 Å². The number of amides is 2. The van der Waals surface area contributed by atoms with Crippen LogP contribution in [-0.4, -0.2) is 22.0 Å². The summed E-state index contributed by atoms with van der Waals surface area (Å²) >= 11 is 12.1. The Kier molecular flexibility index (Phi) is 6.80. The number of thiophene rings is 2. The lowest BCUT2D eigenvalue weighted by Crippen LogP contribution is -2.14. The van der Waals surface area contributed by atoms with Crippen LogP contribution in [0, 0.1) is 0 Å². The van der Waals surface area contributed by atoms with E-state index in [0.717, 1.165) is 10.1 Å². The van der Waals surface area contributed by atoms with Crippen LogP contribution >= 0.6 is 57.4 Å². The van der Waals surface area contributed by atoms with Gasteiger partial charge in [-0.1, -0.05) is 46.8 Å². The van der Waals surface area contributed by atoms with E-state index in [0.29, 0.717) is 26.3 Å². The molecule has 11 heteroatoms. The summed E-state index contributed by atoms with van der Waals surface area (Å²) in [4.78, 5) is 26.7. The zero-order valence-corrected chi connectivity index (χ0v) is 19.1. The molecule has 0 aliphatic carbocycles. The van der Waals surface area contributed by atoms with Crippen LogP contribution in [0.4, 0.5) is 10.8 Å². The van der Waals surface area contributed by atoms with Crippen molar-refractivity contribution in [2.45, 2.75) is 10.1 Å². The third-order valence-electron chi connectivity index (χ3n) is 3.77. The molecular weight excluding hydrogens is 480 g/mol. The minimum atomic E-state index is -0.357. The highest BCUT2D eigenvalue weighted by Crippen LogP contribution is 2.30. The minimum absolute atomic E-state index is 0.277. The van der Waals surface area contributed by atoms with Gasteiger partial charge in [-0.25, -0.2) is 0 Å². The van der Waals surface area contributed by atoms with Crippen LogP contribution in [0.1, 0.15) is 24.9 Å². The number of benzene rings is 1. The molecule has 0 atom stereocenters. The summed E-state index contributed by atoms with van der Waals surface area (Å²) in [5.74, 6) is 0.176. The Morgan fingerprint density at radius 2 is 1.83 bits per heavy atom. The Hall–Kier alpha value is -2.24. The normalized spacial score (nSPS) is 10.7. The monoisotopic (exact) mass is 492 g/mol. The van der Waals surface area contributed by atoms with E-state index in [1.807, 2.05) is 16.8 Å². The van der Waals surface area contributed by atoms with E-state index < -0.39 is 0 Å². The Morgan fingerprint density at radius 3 is 2.60 bits per heavy atom. The maximum absolute atomic E-state index is 12.6. The van der Waals surface area contributed by atoms with Gasteiger partial charge in [-0.15, -0.1) is 32.9 Å². The van der Waals surface area contributed by atoms with Crippen molar-refractivity contribution in [2.75, 3.05) is 10.6 Å². The number of nitrogens with zero attached hydrogens (tertiary/aromatic N) is 2. The fraction of sp³-hybridized carbons (Fsp3) is 0.0526. The standard InChI is InChI=1S/C19H13ClN4O2S4/c20-13-6-5-11(9-14(13)21-17(26)15-4-2-8-28-15)16(25)22-18-23-24-19(30-18)29-10-12-3-1-7-27-12/h1-9H,10H2,(H,21,26)(H,22,23,25). The number of halogens is 1. The minimum Gasteiger partial charge on any atom is -0.320 e. The fourth-order valence-corrected chi connectivity index (χ4v) is 5.67. The molecule has 3 aromatic heterocycles. The molecule has 0 aliphatic heterocycles. The molecule has 0 radical (unpaired) electrons.